The van der Waals surface area contributed by atoms with Crippen LogP contribution in [0.1, 0.15) is 0 Å². The maximum atomic E-state index is 11.8. The zero-order valence-electron chi connectivity index (χ0n) is 8.43. The quantitative estimate of drug-likeness (QED) is 0.805. The van der Waals surface area contributed by atoms with E-state index in [4.69, 9.17) is 17.3 Å². The molecule has 88 valence electrons. The Balaban J connectivity index is 2.35. The van der Waals surface area contributed by atoms with Gasteiger partial charge in [0.1, 0.15) is 0 Å². The number of rotatable bonds is 2. The van der Waals surface area contributed by atoms with Crippen LogP contribution in [-0.2, 0) is 10.2 Å². The third kappa shape index (κ3) is 2.15. The molecule has 3 N–H and O–H groups in total. The Labute approximate surface area is 99.4 Å². The second-order valence-corrected chi connectivity index (χ2v) is 5.63. The average molecular weight is 262 g/mol. The molecule has 0 amide bonds. The molecule has 16 heavy (non-hydrogen) atoms. The zero-order chi connectivity index (χ0) is 11.8. The number of anilines is 1. The van der Waals surface area contributed by atoms with Crippen molar-refractivity contribution in [2.24, 2.45) is 5.73 Å². The van der Waals surface area contributed by atoms with E-state index in [9.17, 15) is 8.42 Å². The van der Waals surface area contributed by atoms with Gasteiger partial charge in [-0.05, 0) is 18.2 Å². The molecule has 1 aromatic rings. The van der Waals surface area contributed by atoms with Gasteiger partial charge in [-0.2, -0.15) is 13.1 Å². The van der Waals surface area contributed by atoms with Crippen LogP contribution in [0.15, 0.2) is 24.3 Å². The van der Waals surface area contributed by atoms with Crippen molar-refractivity contribution < 1.29 is 8.42 Å². The Hall–Kier alpha value is -0.820. The maximum absolute atomic E-state index is 11.8. The van der Waals surface area contributed by atoms with Crippen molar-refractivity contribution in [1.82, 2.24) is 4.72 Å². The summed E-state index contributed by atoms with van der Waals surface area (Å²) in [5.74, 6) is 0. The van der Waals surface area contributed by atoms with Crippen molar-refractivity contribution in [2.75, 3.05) is 17.4 Å². The molecule has 1 atom stereocenters. The number of halogens is 1. The number of nitrogens with one attached hydrogen (secondary N) is 1. The van der Waals surface area contributed by atoms with E-state index in [0.717, 1.165) is 0 Å². The van der Waals surface area contributed by atoms with Crippen LogP contribution >= 0.6 is 11.6 Å². The summed E-state index contributed by atoms with van der Waals surface area (Å²) in [6.45, 7) is 0.607. The number of hydrogen-bond acceptors (Lipinski definition) is 3. The van der Waals surface area contributed by atoms with Crippen LogP contribution in [0.4, 0.5) is 5.69 Å². The topological polar surface area (TPSA) is 75.4 Å². The molecule has 1 saturated heterocycles. The Morgan fingerprint density at radius 3 is 2.88 bits per heavy atom. The molecule has 2 rings (SSSR count). The van der Waals surface area contributed by atoms with Gasteiger partial charge in [-0.25, -0.2) is 0 Å². The van der Waals surface area contributed by atoms with Gasteiger partial charge in [0.2, 0.25) is 0 Å². The first-order valence-corrected chi connectivity index (χ1v) is 6.60. The fourth-order valence-corrected chi connectivity index (χ4v) is 3.28. The van der Waals surface area contributed by atoms with Gasteiger partial charge in [0.05, 0.1) is 18.3 Å². The molecular weight excluding hydrogens is 250 g/mol. The minimum atomic E-state index is -3.47. The maximum Gasteiger partial charge on any atom is 0.301 e. The van der Waals surface area contributed by atoms with E-state index in [2.05, 4.69) is 4.72 Å². The largest absolute Gasteiger partial charge is 0.329 e. The highest BCUT2D eigenvalue weighted by atomic mass is 35.5. The third-order valence-electron chi connectivity index (χ3n) is 2.37. The van der Waals surface area contributed by atoms with Crippen LogP contribution in [-0.4, -0.2) is 27.5 Å². The number of benzene rings is 1. The molecule has 1 aliphatic rings. The standard InChI is InChI=1S/C9H12ClN3O2S/c10-7-2-1-3-9(4-7)13-6-8(5-11)12-16(13,14)15/h1-4,8,12H,5-6,11H2. The number of nitrogens with zero attached hydrogens (tertiary/aromatic N) is 1. The van der Waals surface area contributed by atoms with Crippen molar-refractivity contribution in [1.29, 1.82) is 0 Å². The average Bonchev–Trinajstić information content (AvgIpc) is 2.53. The molecule has 7 heteroatoms. The van der Waals surface area contributed by atoms with Crippen molar-refractivity contribution in [3.05, 3.63) is 29.3 Å². The zero-order valence-corrected chi connectivity index (χ0v) is 10.0. The predicted octanol–water partition coefficient (Wildman–Crippen LogP) is 0.322. The van der Waals surface area contributed by atoms with Crippen molar-refractivity contribution in [3.63, 3.8) is 0 Å². The Morgan fingerprint density at radius 1 is 1.56 bits per heavy atom. The molecule has 5 nitrogen and oxygen atoms in total. The van der Waals surface area contributed by atoms with E-state index in [1.54, 1.807) is 24.3 Å². The van der Waals surface area contributed by atoms with Gasteiger partial charge in [-0.15, -0.1) is 0 Å². The number of nitrogens with two attached hydrogens (primary N) is 1. The van der Waals surface area contributed by atoms with E-state index in [1.165, 1.54) is 4.31 Å². The third-order valence-corrected chi connectivity index (χ3v) is 4.18. The second kappa shape index (κ2) is 4.21. The van der Waals surface area contributed by atoms with Crippen LogP contribution in [0.2, 0.25) is 5.02 Å². The molecule has 0 aromatic heterocycles. The van der Waals surface area contributed by atoms with Gasteiger partial charge in [0.25, 0.3) is 0 Å². The van der Waals surface area contributed by atoms with E-state index >= 15 is 0 Å². The fraction of sp³-hybridized carbons (Fsp3) is 0.333. The van der Waals surface area contributed by atoms with Gasteiger partial charge in [-0.3, -0.25) is 4.31 Å². The lowest BCUT2D eigenvalue weighted by atomic mass is 10.3. The number of hydrogen-bond donors (Lipinski definition) is 2. The second-order valence-electron chi connectivity index (χ2n) is 3.57. The predicted molar refractivity (Wildman–Crippen MR) is 63.7 cm³/mol. The fourth-order valence-electron chi connectivity index (χ4n) is 1.61. The summed E-state index contributed by atoms with van der Waals surface area (Å²) in [5.41, 5.74) is 6.00. The van der Waals surface area contributed by atoms with E-state index < -0.39 is 10.2 Å². The summed E-state index contributed by atoms with van der Waals surface area (Å²) >= 11 is 5.82. The van der Waals surface area contributed by atoms with Gasteiger partial charge in [0.15, 0.2) is 0 Å². The smallest absolute Gasteiger partial charge is 0.301 e. The highest BCUT2D eigenvalue weighted by Gasteiger charge is 2.34. The van der Waals surface area contributed by atoms with Gasteiger partial charge >= 0.3 is 10.2 Å². The van der Waals surface area contributed by atoms with Crippen molar-refractivity contribution in [2.45, 2.75) is 6.04 Å². The first kappa shape index (κ1) is 11.7. The monoisotopic (exact) mass is 261 g/mol. The molecule has 0 spiro atoms. The summed E-state index contributed by atoms with van der Waals surface area (Å²) in [6, 6.07) is 6.47. The Kier molecular flexibility index (Phi) is 3.07. The lowest BCUT2D eigenvalue weighted by Gasteiger charge is -2.15. The first-order valence-electron chi connectivity index (χ1n) is 4.78. The molecule has 0 saturated carbocycles. The molecule has 0 radical (unpaired) electrons. The molecular formula is C9H12ClN3O2S. The SMILES string of the molecule is NCC1CN(c2cccc(Cl)c2)S(=O)(=O)N1. The molecule has 1 heterocycles. The van der Waals surface area contributed by atoms with Crippen LogP contribution in [0.25, 0.3) is 0 Å². The summed E-state index contributed by atoms with van der Waals surface area (Å²) in [5, 5.41) is 0.504. The first-order chi connectivity index (χ1) is 7.53. The minimum absolute atomic E-state index is 0.246. The molecule has 1 aliphatic heterocycles. The summed E-state index contributed by atoms with van der Waals surface area (Å²) < 4.78 is 27.3. The summed E-state index contributed by atoms with van der Waals surface area (Å²) in [6.07, 6.45) is 0. The van der Waals surface area contributed by atoms with E-state index in [-0.39, 0.29) is 12.6 Å². The van der Waals surface area contributed by atoms with Crippen molar-refractivity contribution in [3.8, 4) is 0 Å². The van der Waals surface area contributed by atoms with Crippen molar-refractivity contribution >= 4 is 27.5 Å². The highest BCUT2D eigenvalue weighted by Crippen LogP contribution is 2.24. The Bertz CT molecular complexity index is 491. The van der Waals surface area contributed by atoms with Crippen LogP contribution < -0.4 is 14.8 Å². The Morgan fingerprint density at radius 2 is 2.31 bits per heavy atom. The molecule has 1 fully saturated rings. The van der Waals surface area contributed by atoms with Crippen LogP contribution in [0, 0.1) is 0 Å². The molecule has 0 aliphatic carbocycles. The van der Waals surface area contributed by atoms with Crippen LogP contribution in [0.3, 0.4) is 0 Å². The van der Waals surface area contributed by atoms with E-state index in [0.29, 0.717) is 17.3 Å². The lowest BCUT2D eigenvalue weighted by Crippen LogP contribution is -2.33. The van der Waals surface area contributed by atoms with Crippen LogP contribution in [0.5, 0.6) is 0 Å². The van der Waals surface area contributed by atoms with Gasteiger partial charge in [-0.1, -0.05) is 17.7 Å². The summed E-state index contributed by atoms with van der Waals surface area (Å²) in [7, 11) is -3.47. The molecule has 0 bridgehead atoms. The van der Waals surface area contributed by atoms with Gasteiger partial charge in [0, 0.05) is 11.6 Å². The molecule has 1 aromatic carbocycles. The normalized spacial score (nSPS) is 23.6. The highest BCUT2D eigenvalue weighted by molar-refractivity contribution is 7.91. The minimum Gasteiger partial charge on any atom is -0.329 e. The lowest BCUT2D eigenvalue weighted by molar-refractivity contribution is 0.583. The van der Waals surface area contributed by atoms with E-state index in [1.807, 2.05) is 0 Å². The van der Waals surface area contributed by atoms with Gasteiger partial charge < -0.3 is 5.73 Å². The molecule has 1 unspecified atom stereocenters. The summed E-state index contributed by atoms with van der Waals surface area (Å²) in [4.78, 5) is 0.